The molecular formula is C11H20BrN3. The Morgan fingerprint density at radius 1 is 1.53 bits per heavy atom. The molecule has 0 spiro atoms. The molecule has 1 unspecified atom stereocenters. The molecule has 0 aliphatic heterocycles. The van der Waals surface area contributed by atoms with E-state index in [1.54, 1.807) is 0 Å². The molecule has 3 nitrogen and oxygen atoms in total. The first-order valence-corrected chi connectivity index (χ1v) is 6.02. The van der Waals surface area contributed by atoms with Gasteiger partial charge in [-0.1, -0.05) is 13.8 Å². The molecule has 1 heterocycles. The van der Waals surface area contributed by atoms with Gasteiger partial charge in [0.25, 0.3) is 0 Å². The Labute approximate surface area is 100 Å². The van der Waals surface area contributed by atoms with Crippen LogP contribution in [0.1, 0.15) is 32.2 Å². The molecule has 2 N–H and O–H groups in total. The van der Waals surface area contributed by atoms with E-state index in [0.717, 1.165) is 16.6 Å². The van der Waals surface area contributed by atoms with Crippen LogP contribution in [0.3, 0.4) is 0 Å². The number of hydrogen-bond donors (Lipinski definition) is 1. The molecule has 1 aromatic heterocycles. The highest BCUT2D eigenvalue weighted by atomic mass is 79.9. The second-order valence-electron chi connectivity index (χ2n) is 4.81. The molecule has 86 valence electrons. The monoisotopic (exact) mass is 273 g/mol. The highest BCUT2D eigenvalue weighted by Gasteiger charge is 2.26. The zero-order chi connectivity index (χ0) is 11.8. The van der Waals surface area contributed by atoms with Gasteiger partial charge >= 0.3 is 0 Å². The van der Waals surface area contributed by atoms with Crippen LogP contribution in [0.15, 0.2) is 4.47 Å². The normalized spacial score (nSPS) is 15.7. The minimum Gasteiger partial charge on any atom is -0.325 e. The van der Waals surface area contributed by atoms with Gasteiger partial charge < -0.3 is 5.73 Å². The Morgan fingerprint density at radius 2 is 2.07 bits per heavy atom. The lowest BCUT2D eigenvalue weighted by Crippen LogP contribution is -2.44. The van der Waals surface area contributed by atoms with Crippen molar-refractivity contribution < 1.29 is 0 Å². The van der Waals surface area contributed by atoms with Gasteiger partial charge in [0, 0.05) is 19.0 Å². The Balaban J connectivity index is 2.99. The summed E-state index contributed by atoms with van der Waals surface area (Å²) in [5.74, 6) is 0.444. The van der Waals surface area contributed by atoms with Crippen LogP contribution < -0.4 is 5.73 Å². The van der Waals surface area contributed by atoms with E-state index in [1.807, 2.05) is 18.7 Å². The smallest absolute Gasteiger partial charge is 0.0738 e. The van der Waals surface area contributed by atoms with E-state index in [4.69, 9.17) is 5.73 Å². The average molecular weight is 274 g/mol. The van der Waals surface area contributed by atoms with Gasteiger partial charge in [-0.3, -0.25) is 4.68 Å². The van der Waals surface area contributed by atoms with E-state index < -0.39 is 0 Å². The van der Waals surface area contributed by atoms with E-state index in [9.17, 15) is 0 Å². The Hall–Kier alpha value is -0.350. The largest absolute Gasteiger partial charge is 0.325 e. The fourth-order valence-corrected chi connectivity index (χ4v) is 1.91. The summed E-state index contributed by atoms with van der Waals surface area (Å²) in [6.07, 6.45) is 0.836. The lowest BCUT2D eigenvalue weighted by molar-refractivity contribution is 0.330. The van der Waals surface area contributed by atoms with Crippen LogP contribution in [0.25, 0.3) is 0 Å². The molecule has 0 bridgehead atoms. The molecule has 0 amide bonds. The SMILES string of the molecule is Cc1nn(C)c(CC(C)(N)C(C)C)c1Br. The number of aryl methyl sites for hydroxylation is 2. The number of aromatic nitrogens is 2. The third kappa shape index (κ3) is 2.61. The number of rotatable bonds is 3. The lowest BCUT2D eigenvalue weighted by atomic mass is 9.85. The number of nitrogens with zero attached hydrogens (tertiary/aromatic N) is 2. The van der Waals surface area contributed by atoms with Crippen LogP contribution in [0, 0.1) is 12.8 Å². The molecular weight excluding hydrogens is 254 g/mol. The van der Waals surface area contributed by atoms with Crippen molar-refractivity contribution in [2.75, 3.05) is 0 Å². The third-order valence-electron chi connectivity index (χ3n) is 3.13. The zero-order valence-electron chi connectivity index (χ0n) is 10.1. The van der Waals surface area contributed by atoms with Crippen molar-refractivity contribution in [2.45, 2.75) is 39.7 Å². The molecule has 0 saturated heterocycles. The van der Waals surface area contributed by atoms with E-state index in [1.165, 1.54) is 5.69 Å². The number of hydrogen-bond acceptors (Lipinski definition) is 2. The van der Waals surface area contributed by atoms with Crippen molar-refractivity contribution in [3.63, 3.8) is 0 Å². The lowest BCUT2D eigenvalue weighted by Gasteiger charge is -2.29. The molecule has 0 aromatic carbocycles. The predicted molar refractivity (Wildman–Crippen MR) is 66.8 cm³/mol. The molecule has 4 heteroatoms. The maximum absolute atomic E-state index is 6.28. The molecule has 15 heavy (non-hydrogen) atoms. The highest BCUT2D eigenvalue weighted by Crippen LogP contribution is 2.26. The van der Waals surface area contributed by atoms with E-state index in [0.29, 0.717) is 5.92 Å². The average Bonchev–Trinajstić information content (AvgIpc) is 2.32. The second-order valence-corrected chi connectivity index (χ2v) is 5.60. The first-order chi connectivity index (χ1) is 6.75. The van der Waals surface area contributed by atoms with Crippen LogP contribution in [0.5, 0.6) is 0 Å². The maximum atomic E-state index is 6.28. The van der Waals surface area contributed by atoms with Gasteiger partial charge in [-0.15, -0.1) is 0 Å². The second kappa shape index (κ2) is 4.26. The maximum Gasteiger partial charge on any atom is 0.0738 e. The molecule has 1 aromatic rings. The van der Waals surface area contributed by atoms with E-state index in [2.05, 4.69) is 41.8 Å². The zero-order valence-corrected chi connectivity index (χ0v) is 11.7. The minimum absolute atomic E-state index is 0.192. The highest BCUT2D eigenvalue weighted by molar-refractivity contribution is 9.10. The fraction of sp³-hybridized carbons (Fsp3) is 0.727. The van der Waals surface area contributed by atoms with Gasteiger partial charge in [-0.05, 0) is 35.7 Å². The van der Waals surface area contributed by atoms with Gasteiger partial charge in [0.15, 0.2) is 0 Å². The summed E-state index contributed by atoms with van der Waals surface area (Å²) in [6.45, 7) is 8.39. The van der Waals surface area contributed by atoms with E-state index >= 15 is 0 Å². The molecule has 0 aliphatic carbocycles. The van der Waals surface area contributed by atoms with Crippen LogP contribution in [-0.4, -0.2) is 15.3 Å². The Morgan fingerprint density at radius 3 is 2.40 bits per heavy atom. The van der Waals surface area contributed by atoms with Gasteiger partial charge in [0.05, 0.1) is 15.9 Å². The minimum atomic E-state index is -0.192. The van der Waals surface area contributed by atoms with Crippen molar-refractivity contribution in [3.05, 3.63) is 15.9 Å². The Kier molecular flexibility index (Phi) is 3.61. The van der Waals surface area contributed by atoms with Crippen molar-refractivity contribution in [1.82, 2.24) is 9.78 Å². The van der Waals surface area contributed by atoms with Crippen LogP contribution in [0.2, 0.25) is 0 Å². The molecule has 0 radical (unpaired) electrons. The molecule has 0 saturated carbocycles. The standard InChI is InChI=1S/C11H20BrN3/c1-7(2)11(4,13)6-9-10(12)8(3)14-15(9)5/h7H,6,13H2,1-5H3. The summed E-state index contributed by atoms with van der Waals surface area (Å²) in [7, 11) is 1.96. The summed E-state index contributed by atoms with van der Waals surface area (Å²) in [5.41, 5.74) is 8.28. The van der Waals surface area contributed by atoms with Crippen molar-refractivity contribution >= 4 is 15.9 Å². The Bertz CT molecular complexity index is 353. The molecule has 1 atom stereocenters. The first kappa shape index (κ1) is 12.7. The topological polar surface area (TPSA) is 43.8 Å². The van der Waals surface area contributed by atoms with Crippen LogP contribution >= 0.6 is 15.9 Å². The number of nitrogens with two attached hydrogens (primary N) is 1. The first-order valence-electron chi connectivity index (χ1n) is 5.22. The van der Waals surface area contributed by atoms with Crippen molar-refractivity contribution in [2.24, 2.45) is 18.7 Å². The third-order valence-corrected chi connectivity index (χ3v) is 4.16. The predicted octanol–water partition coefficient (Wildman–Crippen LogP) is 2.41. The van der Waals surface area contributed by atoms with Crippen LogP contribution in [0.4, 0.5) is 0 Å². The molecule has 1 rings (SSSR count). The summed E-state index contributed by atoms with van der Waals surface area (Å²) < 4.78 is 3.00. The molecule has 0 fully saturated rings. The van der Waals surface area contributed by atoms with E-state index in [-0.39, 0.29) is 5.54 Å². The van der Waals surface area contributed by atoms with Crippen molar-refractivity contribution in [1.29, 1.82) is 0 Å². The van der Waals surface area contributed by atoms with Crippen LogP contribution in [-0.2, 0) is 13.5 Å². The number of halogens is 1. The van der Waals surface area contributed by atoms with Gasteiger partial charge in [-0.25, -0.2) is 0 Å². The van der Waals surface area contributed by atoms with Gasteiger partial charge in [0.2, 0.25) is 0 Å². The fourth-order valence-electron chi connectivity index (χ4n) is 1.44. The quantitative estimate of drug-likeness (QED) is 0.919. The van der Waals surface area contributed by atoms with Crippen molar-refractivity contribution in [3.8, 4) is 0 Å². The van der Waals surface area contributed by atoms with Gasteiger partial charge in [-0.2, -0.15) is 5.10 Å². The van der Waals surface area contributed by atoms with Gasteiger partial charge in [0.1, 0.15) is 0 Å². The summed E-state index contributed by atoms with van der Waals surface area (Å²) in [5, 5.41) is 4.37. The summed E-state index contributed by atoms with van der Waals surface area (Å²) in [4.78, 5) is 0. The summed E-state index contributed by atoms with van der Waals surface area (Å²) >= 11 is 3.56. The summed E-state index contributed by atoms with van der Waals surface area (Å²) in [6, 6.07) is 0. The molecule has 0 aliphatic rings.